The predicted octanol–water partition coefficient (Wildman–Crippen LogP) is 3.08. The lowest BCUT2D eigenvalue weighted by Gasteiger charge is -2.13. The summed E-state index contributed by atoms with van der Waals surface area (Å²) in [6, 6.07) is 16.7. The van der Waals surface area contributed by atoms with Gasteiger partial charge < -0.3 is 14.8 Å². The molecule has 2 heterocycles. The minimum absolute atomic E-state index is 0.0230. The molecule has 3 aromatic rings. The quantitative estimate of drug-likeness (QED) is 0.570. The minimum Gasteiger partial charge on any atom is -0.458 e. The third-order valence-corrected chi connectivity index (χ3v) is 5.83. The maximum Gasteiger partial charge on any atom is 0.350 e. The normalized spacial score (nSPS) is 17.7. The molecule has 1 N–H and O–H groups in total. The van der Waals surface area contributed by atoms with Crippen LogP contribution in [0.3, 0.4) is 0 Å². The van der Waals surface area contributed by atoms with Crippen molar-refractivity contribution >= 4 is 29.5 Å². The van der Waals surface area contributed by atoms with Crippen LogP contribution in [-0.4, -0.2) is 40.1 Å². The largest absolute Gasteiger partial charge is 0.458 e. The van der Waals surface area contributed by atoms with E-state index in [1.54, 1.807) is 60.7 Å². The number of benzene rings is 2. The van der Waals surface area contributed by atoms with Crippen LogP contribution in [0.25, 0.3) is 0 Å². The van der Waals surface area contributed by atoms with Crippen molar-refractivity contribution in [3.05, 3.63) is 94.3 Å². The van der Waals surface area contributed by atoms with E-state index in [4.69, 9.17) is 9.47 Å². The van der Waals surface area contributed by atoms with Crippen LogP contribution in [0.1, 0.15) is 26.1 Å². The Morgan fingerprint density at radius 3 is 2.47 bits per heavy atom. The molecule has 1 aliphatic rings. The first-order valence-corrected chi connectivity index (χ1v) is 10.6. The molecule has 8 nitrogen and oxygen atoms in total. The molecule has 1 saturated heterocycles. The van der Waals surface area contributed by atoms with Gasteiger partial charge in [0, 0.05) is 11.8 Å². The Labute approximate surface area is 186 Å². The van der Waals surface area contributed by atoms with E-state index in [0.29, 0.717) is 11.1 Å². The molecular weight excluding hydrogens is 437 g/mol. The molecule has 2 atom stereocenters. The van der Waals surface area contributed by atoms with Gasteiger partial charge in [0.1, 0.15) is 17.4 Å². The lowest BCUT2D eigenvalue weighted by atomic mass is 10.2. The van der Waals surface area contributed by atoms with Crippen LogP contribution >= 0.6 is 11.8 Å². The number of amides is 1. The number of hydrogen-bond acceptors (Lipinski definition) is 7. The molecule has 0 radical (unpaired) electrons. The van der Waals surface area contributed by atoms with Crippen molar-refractivity contribution in [2.24, 2.45) is 0 Å². The Morgan fingerprint density at radius 2 is 1.78 bits per heavy atom. The molecule has 4 rings (SSSR count). The van der Waals surface area contributed by atoms with Crippen LogP contribution in [0.4, 0.5) is 10.2 Å². The SMILES string of the molecule is O=C(Nc1nc(=O)n([C@@H]2CO[C@@H](COC(=O)c3ccccc3)S2)cc1F)c1ccccc1. The number of hydrogen-bond donors (Lipinski definition) is 1. The predicted molar refractivity (Wildman–Crippen MR) is 116 cm³/mol. The summed E-state index contributed by atoms with van der Waals surface area (Å²) in [5, 5.41) is 1.76. The van der Waals surface area contributed by atoms with Gasteiger partial charge in [0.25, 0.3) is 5.91 Å². The zero-order chi connectivity index (χ0) is 22.5. The standard InChI is InChI=1S/C22H18FN3O5S/c23-16-11-26(22(29)25-19(16)24-20(27)14-7-3-1-4-8-14)17-12-30-18(32-17)13-31-21(28)15-9-5-2-6-10-15/h1-11,17-18H,12-13H2,(H,24,25,27,29)/t17-,18+/m0/s1. The van der Waals surface area contributed by atoms with Gasteiger partial charge in [-0.3, -0.25) is 9.36 Å². The van der Waals surface area contributed by atoms with Crippen molar-refractivity contribution in [3.8, 4) is 0 Å². The molecule has 0 saturated carbocycles. The van der Waals surface area contributed by atoms with E-state index in [1.165, 1.54) is 11.8 Å². The summed E-state index contributed by atoms with van der Waals surface area (Å²) in [5.41, 5.74) is -0.522. The third-order valence-electron chi connectivity index (χ3n) is 4.58. The van der Waals surface area contributed by atoms with Crippen LogP contribution in [0.2, 0.25) is 0 Å². The van der Waals surface area contributed by atoms with Crippen LogP contribution in [0.15, 0.2) is 71.7 Å². The summed E-state index contributed by atoms with van der Waals surface area (Å²) in [4.78, 5) is 40.3. The number of ether oxygens (including phenoxy) is 2. The fraction of sp³-hybridized carbons (Fsp3) is 0.182. The molecule has 1 aromatic heterocycles. The van der Waals surface area contributed by atoms with Gasteiger partial charge in [0.2, 0.25) is 0 Å². The molecule has 0 spiro atoms. The molecule has 164 valence electrons. The summed E-state index contributed by atoms with van der Waals surface area (Å²) >= 11 is 1.21. The van der Waals surface area contributed by atoms with Crippen molar-refractivity contribution in [2.45, 2.75) is 10.8 Å². The first-order valence-electron chi connectivity index (χ1n) is 9.65. The lowest BCUT2D eigenvalue weighted by molar-refractivity contribution is 0.0273. The first kappa shape index (κ1) is 21.7. The molecule has 1 fully saturated rings. The van der Waals surface area contributed by atoms with Crippen LogP contribution in [0.5, 0.6) is 0 Å². The zero-order valence-corrected chi connectivity index (χ0v) is 17.5. The maximum atomic E-state index is 14.5. The molecule has 0 aliphatic carbocycles. The smallest absolute Gasteiger partial charge is 0.350 e. The van der Waals surface area contributed by atoms with Gasteiger partial charge in [0.05, 0.1) is 12.2 Å². The zero-order valence-electron chi connectivity index (χ0n) is 16.6. The Bertz CT molecular complexity index is 1170. The molecule has 2 aromatic carbocycles. The van der Waals surface area contributed by atoms with Crippen LogP contribution < -0.4 is 11.0 Å². The number of carbonyl (C=O) groups is 2. The first-order chi connectivity index (χ1) is 15.5. The highest BCUT2D eigenvalue weighted by molar-refractivity contribution is 8.00. The van der Waals surface area contributed by atoms with Crippen molar-refractivity contribution in [1.82, 2.24) is 9.55 Å². The van der Waals surface area contributed by atoms with E-state index in [9.17, 15) is 18.8 Å². The fourth-order valence-corrected chi connectivity index (χ4v) is 4.08. The summed E-state index contributed by atoms with van der Waals surface area (Å²) in [6.07, 6.45) is 0.981. The number of nitrogens with zero attached hydrogens (tertiary/aromatic N) is 2. The second-order valence-corrected chi connectivity index (χ2v) is 8.11. The average Bonchev–Trinajstić information content (AvgIpc) is 3.29. The van der Waals surface area contributed by atoms with E-state index >= 15 is 0 Å². The highest BCUT2D eigenvalue weighted by Crippen LogP contribution is 2.35. The number of nitrogens with one attached hydrogen (secondary N) is 1. The monoisotopic (exact) mass is 455 g/mol. The number of aromatic nitrogens is 2. The van der Waals surface area contributed by atoms with E-state index in [1.807, 2.05) is 0 Å². The van der Waals surface area contributed by atoms with E-state index in [2.05, 4.69) is 10.3 Å². The van der Waals surface area contributed by atoms with Crippen molar-refractivity contribution in [1.29, 1.82) is 0 Å². The van der Waals surface area contributed by atoms with E-state index in [-0.39, 0.29) is 13.2 Å². The van der Waals surface area contributed by atoms with Gasteiger partial charge in [-0.05, 0) is 24.3 Å². The van der Waals surface area contributed by atoms with Gasteiger partial charge in [0.15, 0.2) is 11.6 Å². The van der Waals surface area contributed by atoms with Gasteiger partial charge in [-0.15, -0.1) is 0 Å². The Morgan fingerprint density at radius 1 is 1.12 bits per heavy atom. The maximum absolute atomic E-state index is 14.5. The molecule has 0 unspecified atom stereocenters. The van der Waals surface area contributed by atoms with Crippen molar-refractivity contribution in [2.75, 3.05) is 18.5 Å². The lowest BCUT2D eigenvalue weighted by Crippen LogP contribution is -2.28. The molecule has 32 heavy (non-hydrogen) atoms. The van der Waals surface area contributed by atoms with Gasteiger partial charge in [-0.2, -0.15) is 4.98 Å². The second kappa shape index (κ2) is 9.75. The fourth-order valence-electron chi connectivity index (χ4n) is 2.99. The number of carbonyl (C=O) groups excluding carboxylic acids is 2. The number of rotatable bonds is 6. The molecular formula is C22H18FN3O5S. The van der Waals surface area contributed by atoms with Gasteiger partial charge in [-0.25, -0.2) is 14.0 Å². The molecule has 10 heteroatoms. The summed E-state index contributed by atoms with van der Waals surface area (Å²) in [7, 11) is 0. The van der Waals surface area contributed by atoms with E-state index in [0.717, 1.165) is 10.8 Å². The minimum atomic E-state index is -0.853. The molecule has 1 aliphatic heterocycles. The van der Waals surface area contributed by atoms with Crippen LogP contribution in [0, 0.1) is 5.82 Å². The van der Waals surface area contributed by atoms with Crippen LogP contribution in [-0.2, 0) is 9.47 Å². The molecule has 0 bridgehead atoms. The summed E-state index contributed by atoms with van der Waals surface area (Å²) in [6.45, 7) is 0.0831. The summed E-state index contributed by atoms with van der Waals surface area (Å²) in [5.74, 6) is -2.36. The highest BCUT2D eigenvalue weighted by Gasteiger charge is 2.30. The van der Waals surface area contributed by atoms with Gasteiger partial charge in [-0.1, -0.05) is 48.2 Å². The van der Waals surface area contributed by atoms with Crippen molar-refractivity contribution in [3.63, 3.8) is 0 Å². The van der Waals surface area contributed by atoms with Crippen molar-refractivity contribution < 1.29 is 23.5 Å². The second-order valence-electron chi connectivity index (χ2n) is 6.77. The average molecular weight is 455 g/mol. The molecule has 1 amide bonds. The number of halogens is 1. The number of esters is 1. The highest BCUT2D eigenvalue weighted by atomic mass is 32.2. The summed E-state index contributed by atoms with van der Waals surface area (Å²) < 4.78 is 26.4. The topological polar surface area (TPSA) is 99.5 Å². The van der Waals surface area contributed by atoms with E-state index < -0.39 is 40.0 Å². The Balaban J connectivity index is 1.38. The number of anilines is 1. The Kier molecular flexibility index (Phi) is 6.62. The number of thioether (sulfide) groups is 1. The third kappa shape index (κ3) is 5.04. The van der Waals surface area contributed by atoms with Gasteiger partial charge >= 0.3 is 11.7 Å². The Hall–Kier alpha value is -3.50.